The van der Waals surface area contributed by atoms with Crippen LogP contribution in [0.25, 0.3) is 0 Å². The lowest BCUT2D eigenvalue weighted by atomic mass is 9.90. The molecule has 19 heavy (non-hydrogen) atoms. The highest BCUT2D eigenvalue weighted by Crippen LogP contribution is 2.30. The first-order valence-corrected chi connectivity index (χ1v) is 7.62. The zero-order chi connectivity index (χ0) is 14.0. The highest BCUT2D eigenvalue weighted by Gasteiger charge is 2.49. The van der Waals surface area contributed by atoms with Crippen molar-refractivity contribution in [3.05, 3.63) is 0 Å². The molecule has 0 bridgehead atoms. The number of aliphatic hydroxyl groups is 3. The molecule has 0 aromatic rings. The smallest absolute Gasteiger partial charge is 0.0994 e. The molecule has 5 unspecified atom stereocenters. The van der Waals surface area contributed by atoms with Gasteiger partial charge in [0, 0.05) is 13.1 Å². The van der Waals surface area contributed by atoms with Gasteiger partial charge in [0.05, 0.1) is 30.4 Å². The van der Waals surface area contributed by atoms with E-state index in [1.807, 2.05) is 0 Å². The van der Waals surface area contributed by atoms with Crippen LogP contribution in [-0.2, 0) is 0 Å². The average molecular weight is 272 g/mol. The van der Waals surface area contributed by atoms with Gasteiger partial charge in [-0.3, -0.25) is 9.80 Å². The van der Waals surface area contributed by atoms with Gasteiger partial charge >= 0.3 is 0 Å². The molecule has 2 fully saturated rings. The molecule has 2 rings (SSSR count). The van der Waals surface area contributed by atoms with Gasteiger partial charge in [0.2, 0.25) is 0 Å². The molecule has 5 heteroatoms. The van der Waals surface area contributed by atoms with E-state index in [-0.39, 0.29) is 12.1 Å². The molecule has 5 atom stereocenters. The monoisotopic (exact) mass is 272 g/mol. The maximum Gasteiger partial charge on any atom is 0.0994 e. The summed E-state index contributed by atoms with van der Waals surface area (Å²) >= 11 is 0. The van der Waals surface area contributed by atoms with Crippen LogP contribution in [0.2, 0.25) is 0 Å². The third-order valence-corrected chi connectivity index (χ3v) is 4.72. The molecular weight excluding hydrogens is 244 g/mol. The maximum absolute atomic E-state index is 10.4. The van der Waals surface area contributed by atoms with Crippen molar-refractivity contribution in [3.8, 4) is 0 Å². The number of piperidine rings is 1. The molecule has 0 radical (unpaired) electrons. The molecule has 0 aromatic carbocycles. The number of fused-ring (bicyclic) bond motifs is 1. The molecular formula is C14H28N2O3. The van der Waals surface area contributed by atoms with Crippen molar-refractivity contribution in [1.29, 1.82) is 0 Å². The van der Waals surface area contributed by atoms with Gasteiger partial charge in [0.15, 0.2) is 0 Å². The molecule has 0 saturated carbocycles. The molecule has 3 N–H and O–H groups in total. The highest BCUT2D eigenvalue weighted by atomic mass is 16.3. The van der Waals surface area contributed by atoms with Crippen LogP contribution in [0.1, 0.15) is 33.1 Å². The third-order valence-electron chi connectivity index (χ3n) is 4.72. The Morgan fingerprint density at radius 3 is 2.53 bits per heavy atom. The Bertz CT molecular complexity index is 290. The normalized spacial score (nSPS) is 39.8. The zero-order valence-electron chi connectivity index (χ0n) is 12.1. The number of likely N-dealkylation sites (N-methyl/N-ethyl adjacent to an activating group) is 1. The van der Waals surface area contributed by atoms with E-state index >= 15 is 0 Å². The molecule has 0 aliphatic carbocycles. The van der Waals surface area contributed by atoms with Gasteiger partial charge in [0.1, 0.15) is 0 Å². The largest absolute Gasteiger partial charge is 0.391 e. The molecule has 2 saturated heterocycles. The fourth-order valence-electron chi connectivity index (χ4n) is 3.55. The van der Waals surface area contributed by atoms with Gasteiger partial charge in [-0.05, 0) is 25.9 Å². The summed E-state index contributed by atoms with van der Waals surface area (Å²) in [4.78, 5) is 4.40. The number of rotatable bonds is 5. The summed E-state index contributed by atoms with van der Waals surface area (Å²) < 4.78 is 0. The van der Waals surface area contributed by atoms with Crippen LogP contribution in [0.15, 0.2) is 0 Å². The molecule has 112 valence electrons. The number of unbranched alkanes of at least 4 members (excludes halogenated alkanes) is 1. The molecule has 0 aromatic heterocycles. The quantitative estimate of drug-likeness (QED) is 0.638. The number of hydrogen-bond acceptors (Lipinski definition) is 5. The predicted molar refractivity (Wildman–Crippen MR) is 73.9 cm³/mol. The van der Waals surface area contributed by atoms with Gasteiger partial charge in [-0.2, -0.15) is 0 Å². The Balaban J connectivity index is 2.05. The fraction of sp³-hybridized carbons (Fsp3) is 1.00. The summed E-state index contributed by atoms with van der Waals surface area (Å²) in [6.45, 7) is 7.67. The zero-order valence-corrected chi connectivity index (χ0v) is 12.1. The lowest BCUT2D eigenvalue weighted by Crippen LogP contribution is -2.65. The van der Waals surface area contributed by atoms with Crippen LogP contribution in [0.4, 0.5) is 0 Å². The standard InChI is InChI=1S/C14H28N2O3/c1-3-5-7-15(4-2)10-9-16-8-6-11(17)12(16)14(19)13(10)18/h10-14,17-19H,3-9H2,1-2H3. The van der Waals surface area contributed by atoms with Crippen LogP contribution in [0, 0.1) is 0 Å². The van der Waals surface area contributed by atoms with Crippen molar-refractivity contribution in [2.75, 3.05) is 26.2 Å². The maximum atomic E-state index is 10.4. The molecule has 2 heterocycles. The van der Waals surface area contributed by atoms with Crippen molar-refractivity contribution < 1.29 is 15.3 Å². The minimum Gasteiger partial charge on any atom is -0.391 e. The second-order valence-corrected chi connectivity index (χ2v) is 5.87. The molecule has 0 amide bonds. The summed E-state index contributed by atoms with van der Waals surface area (Å²) in [6, 6.07) is -0.302. The topological polar surface area (TPSA) is 67.2 Å². The van der Waals surface area contributed by atoms with Gasteiger partial charge in [-0.1, -0.05) is 20.3 Å². The second-order valence-electron chi connectivity index (χ2n) is 5.87. The predicted octanol–water partition coefficient (Wildman–Crippen LogP) is -0.352. The first-order valence-electron chi connectivity index (χ1n) is 7.62. The molecule has 5 nitrogen and oxygen atoms in total. The summed E-state index contributed by atoms with van der Waals surface area (Å²) in [5.41, 5.74) is 0. The Labute approximate surface area is 115 Å². The van der Waals surface area contributed by atoms with Crippen LogP contribution < -0.4 is 0 Å². The van der Waals surface area contributed by atoms with Crippen LogP contribution in [0.3, 0.4) is 0 Å². The minimum absolute atomic E-state index is 0.0203. The molecule has 2 aliphatic rings. The summed E-state index contributed by atoms with van der Waals surface area (Å²) in [6.07, 6.45) is 0.836. The molecule has 0 spiro atoms. The van der Waals surface area contributed by atoms with E-state index in [0.29, 0.717) is 6.42 Å². The van der Waals surface area contributed by atoms with Crippen molar-refractivity contribution in [2.24, 2.45) is 0 Å². The van der Waals surface area contributed by atoms with Crippen LogP contribution in [-0.4, -0.2) is 81.7 Å². The van der Waals surface area contributed by atoms with Crippen molar-refractivity contribution in [1.82, 2.24) is 9.80 Å². The van der Waals surface area contributed by atoms with E-state index in [9.17, 15) is 15.3 Å². The van der Waals surface area contributed by atoms with Crippen molar-refractivity contribution in [3.63, 3.8) is 0 Å². The summed E-state index contributed by atoms with van der Waals surface area (Å²) in [7, 11) is 0. The fourth-order valence-corrected chi connectivity index (χ4v) is 3.55. The van der Waals surface area contributed by atoms with E-state index in [4.69, 9.17) is 0 Å². The number of nitrogens with zero attached hydrogens (tertiary/aromatic N) is 2. The summed E-state index contributed by atoms with van der Waals surface area (Å²) in [5, 5.41) is 30.6. The van der Waals surface area contributed by atoms with E-state index in [1.54, 1.807) is 0 Å². The lowest BCUT2D eigenvalue weighted by molar-refractivity contribution is -0.124. The Hall–Kier alpha value is -0.200. The SMILES string of the molecule is CCCCN(CC)C1CN2CCC(O)C2C(O)C1O. The van der Waals surface area contributed by atoms with Gasteiger partial charge < -0.3 is 15.3 Å². The first kappa shape index (κ1) is 15.2. The van der Waals surface area contributed by atoms with E-state index in [1.165, 1.54) is 0 Å². The van der Waals surface area contributed by atoms with E-state index in [0.717, 1.165) is 39.0 Å². The minimum atomic E-state index is -0.841. The second kappa shape index (κ2) is 6.50. The van der Waals surface area contributed by atoms with E-state index < -0.39 is 18.3 Å². The van der Waals surface area contributed by atoms with Crippen LogP contribution in [0.5, 0.6) is 0 Å². The van der Waals surface area contributed by atoms with Crippen LogP contribution >= 0.6 is 0 Å². The van der Waals surface area contributed by atoms with Crippen molar-refractivity contribution in [2.45, 2.75) is 63.5 Å². The van der Waals surface area contributed by atoms with E-state index in [2.05, 4.69) is 23.6 Å². The number of hydrogen-bond donors (Lipinski definition) is 3. The molecule has 2 aliphatic heterocycles. The van der Waals surface area contributed by atoms with Gasteiger partial charge in [0.25, 0.3) is 0 Å². The average Bonchev–Trinajstić information content (AvgIpc) is 2.77. The summed E-state index contributed by atoms with van der Waals surface area (Å²) in [5.74, 6) is 0. The van der Waals surface area contributed by atoms with Crippen molar-refractivity contribution >= 4 is 0 Å². The Morgan fingerprint density at radius 2 is 1.89 bits per heavy atom. The van der Waals surface area contributed by atoms with Gasteiger partial charge in [-0.25, -0.2) is 0 Å². The van der Waals surface area contributed by atoms with Gasteiger partial charge in [-0.15, -0.1) is 0 Å². The number of aliphatic hydroxyl groups excluding tert-OH is 3. The third kappa shape index (κ3) is 2.95. The lowest BCUT2D eigenvalue weighted by Gasteiger charge is -2.46. The Morgan fingerprint density at radius 1 is 1.16 bits per heavy atom. The Kier molecular flexibility index (Phi) is 5.20. The first-order chi connectivity index (χ1) is 9.10. The highest BCUT2D eigenvalue weighted by molar-refractivity contribution is 5.04.